The molecule has 2 atom stereocenters. The Morgan fingerprint density at radius 3 is 2.67 bits per heavy atom. The summed E-state index contributed by atoms with van der Waals surface area (Å²) in [6.45, 7) is 4.61. The van der Waals surface area contributed by atoms with Crippen LogP contribution in [0.4, 0.5) is 0 Å². The van der Waals surface area contributed by atoms with Crippen LogP contribution in [0.2, 0.25) is 0 Å². The summed E-state index contributed by atoms with van der Waals surface area (Å²) in [5.41, 5.74) is 1.13. The van der Waals surface area contributed by atoms with Crippen molar-refractivity contribution in [3.05, 3.63) is 48.0 Å². The number of hydrogen-bond donors (Lipinski definition) is 1. The normalized spacial score (nSPS) is 14.8. The van der Waals surface area contributed by atoms with Crippen molar-refractivity contribution in [2.45, 2.75) is 51.9 Å². The third-order valence-corrected chi connectivity index (χ3v) is 2.89. The van der Waals surface area contributed by atoms with Crippen LogP contribution in [-0.4, -0.2) is 17.3 Å². The first-order chi connectivity index (χ1) is 8.74. The van der Waals surface area contributed by atoms with Crippen LogP contribution in [0.15, 0.2) is 42.5 Å². The van der Waals surface area contributed by atoms with Gasteiger partial charge in [-0.2, -0.15) is 0 Å². The highest BCUT2D eigenvalue weighted by molar-refractivity contribution is 5.13. The van der Waals surface area contributed by atoms with Crippen molar-refractivity contribution < 1.29 is 9.84 Å². The molecule has 0 amide bonds. The Labute approximate surface area is 110 Å². The summed E-state index contributed by atoms with van der Waals surface area (Å²) < 4.78 is 5.65. The highest BCUT2D eigenvalue weighted by Crippen LogP contribution is 2.07. The fourth-order valence-corrected chi connectivity index (χ4v) is 1.61. The predicted octanol–water partition coefficient (Wildman–Crippen LogP) is 3.70. The summed E-state index contributed by atoms with van der Waals surface area (Å²) >= 11 is 0. The van der Waals surface area contributed by atoms with Crippen LogP contribution >= 0.6 is 0 Å². The lowest BCUT2D eigenvalue weighted by atomic mass is 10.1. The fourth-order valence-electron chi connectivity index (χ4n) is 1.61. The minimum Gasteiger partial charge on any atom is -0.386 e. The first kappa shape index (κ1) is 14.9. The summed E-state index contributed by atoms with van der Waals surface area (Å²) in [5.74, 6) is 0. The molecule has 0 aliphatic carbocycles. The van der Waals surface area contributed by atoms with Crippen LogP contribution in [0.1, 0.15) is 38.7 Å². The van der Waals surface area contributed by atoms with Crippen molar-refractivity contribution in [2.75, 3.05) is 0 Å². The van der Waals surface area contributed by atoms with Gasteiger partial charge < -0.3 is 9.84 Å². The Hall–Kier alpha value is -1.12. The van der Waals surface area contributed by atoms with Gasteiger partial charge in [0.1, 0.15) is 0 Å². The Bertz CT molecular complexity index is 332. The first-order valence-corrected chi connectivity index (χ1v) is 6.74. The van der Waals surface area contributed by atoms with E-state index in [0.29, 0.717) is 6.61 Å². The zero-order valence-electron chi connectivity index (χ0n) is 11.4. The Balaban J connectivity index is 2.27. The van der Waals surface area contributed by atoms with E-state index >= 15 is 0 Å². The van der Waals surface area contributed by atoms with E-state index in [9.17, 15) is 5.11 Å². The van der Waals surface area contributed by atoms with Gasteiger partial charge in [-0.1, -0.05) is 62.2 Å². The van der Waals surface area contributed by atoms with E-state index in [0.717, 1.165) is 12.0 Å². The van der Waals surface area contributed by atoms with E-state index in [-0.39, 0.29) is 6.10 Å². The highest BCUT2D eigenvalue weighted by atomic mass is 16.5. The zero-order chi connectivity index (χ0) is 13.2. The lowest BCUT2D eigenvalue weighted by molar-refractivity contribution is -0.0153. The molecule has 0 radical (unpaired) electrons. The van der Waals surface area contributed by atoms with Crippen molar-refractivity contribution in [3.63, 3.8) is 0 Å². The second-order valence-electron chi connectivity index (χ2n) is 4.56. The van der Waals surface area contributed by atoms with E-state index in [1.807, 2.05) is 49.4 Å². The molecule has 0 aromatic heterocycles. The Kier molecular flexibility index (Phi) is 7.38. The number of allylic oxidation sites excluding steroid dienone is 1. The smallest absolute Gasteiger partial charge is 0.0980 e. The highest BCUT2D eigenvalue weighted by Gasteiger charge is 2.11. The maximum Gasteiger partial charge on any atom is 0.0980 e. The molecule has 0 bridgehead atoms. The number of benzene rings is 1. The van der Waals surface area contributed by atoms with Crippen molar-refractivity contribution in [2.24, 2.45) is 0 Å². The second kappa shape index (κ2) is 8.90. The standard InChI is InChI=1S/C16H24O2/c1-3-4-5-9-12-16(17)14(2)18-13-15-10-7-6-8-11-15/h6-12,14,16-17H,3-5,13H2,1-2H3/b12-9+/t14-,16-/m0/s1. The molecular weight excluding hydrogens is 224 g/mol. The summed E-state index contributed by atoms with van der Waals surface area (Å²) in [6, 6.07) is 10.0. The maximum atomic E-state index is 9.88. The molecule has 0 heterocycles. The predicted molar refractivity (Wildman–Crippen MR) is 75.4 cm³/mol. The van der Waals surface area contributed by atoms with Crippen LogP contribution in [0, 0.1) is 0 Å². The fraction of sp³-hybridized carbons (Fsp3) is 0.500. The largest absolute Gasteiger partial charge is 0.386 e. The van der Waals surface area contributed by atoms with E-state index < -0.39 is 6.10 Å². The lowest BCUT2D eigenvalue weighted by Gasteiger charge is -2.16. The van der Waals surface area contributed by atoms with Crippen molar-refractivity contribution in [1.29, 1.82) is 0 Å². The van der Waals surface area contributed by atoms with Crippen LogP contribution in [0.25, 0.3) is 0 Å². The third kappa shape index (κ3) is 5.99. The molecule has 1 rings (SSSR count). The minimum atomic E-state index is -0.523. The molecule has 1 N–H and O–H groups in total. The molecule has 0 aliphatic rings. The van der Waals surface area contributed by atoms with Crippen molar-refractivity contribution in [1.82, 2.24) is 0 Å². The van der Waals surface area contributed by atoms with Crippen LogP contribution < -0.4 is 0 Å². The molecule has 0 unspecified atom stereocenters. The molecule has 0 spiro atoms. The Morgan fingerprint density at radius 2 is 2.00 bits per heavy atom. The average molecular weight is 248 g/mol. The van der Waals surface area contributed by atoms with Crippen molar-refractivity contribution in [3.8, 4) is 0 Å². The number of rotatable bonds is 8. The molecule has 0 aliphatic heterocycles. The van der Waals surface area contributed by atoms with E-state index in [1.54, 1.807) is 0 Å². The van der Waals surface area contributed by atoms with Gasteiger partial charge in [-0.05, 0) is 18.9 Å². The van der Waals surface area contributed by atoms with Gasteiger partial charge in [-0.3, -0.25) is 0 Å². The summed E-state index contributed by atoms with van der Waals surface area (Å²) in [5, 5.41) is 9.88. The molecule has 2 heteroatoms. The van der Waals surface area contributed by atoms with E-state index in [2.05, 4.69) is 6.92 Å². The average Bonchev–Trinajstić information content (AvgIpc) is 2.42. The molecule has 1 aromatic carbocycles. The molecule has 2 nitrogen and oxygen atoms in total. The SMILES string of the molecule is CCCC/C=C/[C@H](O)[C@H](C)OCc1ccccc1. The van der Waals surface area contributed by atoms with Crippen LogP contribution in [-0.2, 0) is 11.3 Å². The van der Waals surface area contributed by atoms with Gasteiger partial charge in [-0.15, -0.1) is 0 Å². The Morgan fingerprint density at radius 1 is 1.28 bits per heavy atom. The minimum absolute atomic E-state index is 0.178. The van der Waals surface area contributed by atoms with Gasteiger partial charge >= 0.3 is 0 Å². The first-order valence-electron chi connectivity index (χ1n) is 6.74. The number of unbranched alkanes of at least 4 members (excludes halogenated alkanes) is 2. The third-order valence-electron chi connectivity index (χ3n) is 2.89. The molecule has 0 saturated heterocycles. The molecule has 18 heavy (non-hydrogen) atoms. The van der Waals surface area contributed by atoms with Gasteiger partial charge in [0, 0.05) is 0 Å². The summed E-state index contributed by atoms with van der Waals surface area (Å²) in [6.07, 6.45) is 6.55. The van der Waals surface area contributed by atoms with Gasteiger partial charge in [-0.25, -0.2) is 0 Å². The van der Waals surface area contributed by atoms with Crippen LogP contribution in [0.5, 0.6) is 0 Å². The molecule has 100 valence electrons. The van der Waals surface area contributed by atoms with E-state index in [4.69, 9.17) is 4.74 Å². The second-order valence-corrected chi connectivity index (χ2v) is 4.56. The van der Waals surface area contributed by atoms with Gasteiger partial charge in [0.05, 0.1) is 18.8 Å². The molecule has 1 aromatic rings. The van der Waals surface area contributed by atoms with Gasteiger partial charge in [0.2, 0.25) is 0 Å². The summed E-state index contributed by atoms with van der Waals surface area (Å²) in [4.78, 5) is 0. The molecular formula is C16H24O2. The van der Waals surface area contributed by atoms with Gasteiger partial charge in [0.15, 0.2) is 0 Å². The molecule has 0 fully saturated rings. The van der Waals surface area contributed by atoms with Crippen molar-refractivity contribution >= 4 is 0 Å². The maximum absolute atomic E-state index is 9.88. The van der Waals surface area contributed by atoms with Crippen LogP contribution in [0.3, 0.4) is 0 Å². The number of aliphatic hydroxyl groups is 1. The molecule has 0 saturated carbocycles. The topological polar surface area (TPSA) is 29.5 Å². The van der Waals surface area contributed by atoms with Gasteiger partial charge in [0.25, 0.3) is 0 Å². The number of aliphatic hydroxyl groups excluding tert-OH is 1. The lowest BCUT2D eigenvalue weighted by Crippen LogP contribution is -2.23. The quantitative estimate of drug-likeness (QED) is 0.561. The van der Waals surface area contributed by atoms with E-state index in [1.165, 1.54) is 12.8 Å². The number of ether oxygens (including phenoxy) is 1. The zero-order valence-corrected chi connectivity index (χ0v) is 11.4. The summed E-state index contributed by atoms with van der Waals surface area (Å²) in [7, 11) is 0. The number of hydrogen-bond acceptors (Lipinski definition) is 2. The monoisotopic (exact) mass is 248 g/mol.